The molecule has 0 bridgehead atoms. The molecule has 0 spiro atoms. The number of carboxylic acid groups (broad SMARTS) is 1. The van der Waals surface area contributed by atoms with Gasteiger partial charge in [-0.2, -0.15) is 0 Å². The quantitative estimate of drug-likeness (QED) is 0.666. The number of nitrogens with zero attached hydrogens (tertiary/aromatic N) is 1. The number of likely N-dealkylation sites (tertiary alicyclic amines) is 1. The lowest BCUT2D eigenvalue weighted by molar-refractivity contribution is -0.142. The highest BCUT2D eigenvalue weighted by molar-refractivity contribution is 5.74. The van der Waals surface area contributed by atoms with Crippen LogP contribution in [-0.4, -0.2) is 35.1 Å². The molecule has 2 rings (SSSR count). The van der Waals surface area contributed by atoms with Crippen molar-refractivity contribution in [2.24, 2.45) is 5.92 Å². The van der Waals surface area contributed by atoms with E-state index in [9.17, 15) is 4.79 Å². The molecule has 1 saturated heterocycles. The number of hydrogen-bond acceptors (Lipinski definition) is 2. The maximum Gasteiger partial charge on any atom is 0.320 e. The first kappa shape index (κ1) is 9.00. The summed E-state index contributed by atoms with van der Waals surface area (Å²) < 4.78 is 0. The molecule has 74 valence electrons. The van der Waals surface area contributed by atoms with Gasteiger partial charge in [-0.1, -0.05) is 12.8 Å². The van der Waals surface area contributed by atoms with E-state index in [0.717, 1.165) is 6.42 Å². The Morgan fingerprint density at radius 3 is 2.69 bits per heavy atom. The first-order chi connectivity index (χ1) is 6.20. The summed E-state index contributed by atoms with van der Waals surface area (Å²) in [6.07, 6.45) is 5.87. The predicted octanol–water partition coefficient (Wildman–Crippen LogP) is 1.33. The third-order valence-corrected chi connectivity index (χ3v) is 3.69. The predicted molar refractivity (Wildman–Crippen MR) is 49.5 cm³/mol. The zero-order chi connectivity index (χ0) is 9.42. The SMILES string of the molecule is CN1C(C(=O)O)C[C@@H]2CCCCC21. The van der Waals surface area contributed by atoms with Gasteiger partial charge in [0, 0.05) is 6.04 Å². The fourth-order valence-corrected chi connectivity index (χ4v) is 2.96. The molecular weight excluding hydrogens is 166 g/mol. The lowest BCUT2D eigenvalue weighted by Gasteiger charge is -2.29. The maximum absolute atomic E-state index is 10.9. The summed E-state index contributed by atoms with van der Waals surface area (Å²) in [4.78, 5) is 13.0. The molecular formula is C10H17NO2. The van der Waals surface area contributed by atoms with Crippen LogP contribution in [0.4, 0.5) is 0 Å². The Morgan fingerprint density at radius 1 is 1.38 bits per heavy atom. The summed E-state index contributed by atoms with van der Waals surface area (Å²) in [6.45, 7) is 0. The van der Waals surface area contributed by atoms with Crippen molar-refractivity contribution in [3.8, 4) is 0 Å². The van der Waals surface area contributed by atoms with Gasteiger partial charge in [-0.15, -0.1) is 0 Å². The van der Waals surface area contributed by atoms with Crippen molar-refractivity contribution < 1.29 is 9.90 Å². The monoisotopic (exact) mass is 183 g/mol. The average Bonchev–Trinajstić information content (AvgIpc) is 2.45. The Balaban J connectivity index is 2.09. The summed E-state index contributed by atoms with van der Waals surface area (Å²) in [5.41, 5.74) is 0. The number of fused-ring (bicyclic) bond motifs is 1. The van der Waals surface area contributed by atoms with Crippen molar-refractivity contribution in [3.05, 3.63) is 0 Å². The van der Waals surface area contributed by atoms with Crippen LogP contribution in [0.3, 0.4) is 0 Å². The van der Waals surface area contributed by atoms with Crippen molar-refractivity contribution in [2.75, 3.05) is 7.05 Å². The molecule has 3 heteroatoms. The van der Waals surface area contributed by atoms with E-state index in [1.54, 1.807) is 0 Å². The van der Waals surface area contributed by atoms with E-state index >= 15 is 0 Å². The van der Waals surface area contributed by atoms with Gasteiger partial charge in [-0.05, 0) is 32.2 Å². The first-order valence-electron chi connectivity index (χ1n) is 5.15. The summed E-state index contributed by atoms with van der Waals surface area (Å²) in [7, 11) is 1.97. The highest BCUT2D eigenvalue weighted by Gasteiger charge is 2.42. The van der Waals surface area contributed by atoms with E-state index < -0.39 is 5.97 Å². The Bertz CT molecular complexity index is 217. The molecule has 1 N–H and O–H groups in total. The van der Waals surface area contributed by atoms with Crippen LogP contribution in [0.1, 0.15) is 32.1 Å². The Hall–Kier alpha value is -0.570. The van der Waals surface area contributed by atoms with Gasteiger partial charge < -0.3 is 5.11 Å². The summed E-state index contributed by atoms with van der Waals surface area (Å²) in [5.74, 6) is 0.0109. The van der Waals surface area contributed by atoms with Gasteiger partial charge in [0.15, 0.2) is 0 Å². The number of rotatable bonds is 1. The second-order valence-corrected chi connectivity index (χ2v) is 4.37. The van der Waals surface area contributed by atoms with E-state index in [-0.39, 0.29) is 6.04 Å². The fraction of sp³-hybridized carbons (Fsp3) is 0.900. The molecule has 0 aromatic heterocycles. The molecule has 0 aromatic carbocycles. The second-order valence-electron chi connectivity index (χ2n) is 4.37. The molecule has 2 aliphatic rings. The van der Waals surface area contributed by atoms with Crippen LogP contribution in [0.2, 0.25) is 0 Å². The minimum atomic E-state index is -0.642. The molecule has 2 unspecified atom stereocenters. The number of likely N-dealkylation sites (N-methyl/N-ethyl adjacent to an activating group) is 1. The van der Waals surface area contributed by atoms with E-state index in [1.807, 2.05) is 7.05 Å². The van der Waals surface area contributed by atoms with Crippen LogP contribution in [0, 0.1) is 5.92 Å². The first-order valence-corrected chi connectivity index (χ1v) is 5.15. The third kappa shape index (κ3) is 1.46. The molecule has 1 heterocycles. The fourth-order valence-electron chi connectivity index (χ4n) is 2.96. The molecule has 0 amide bonds. The third-order valence-electron chi connectivity index (χ3n) is 3.69. The Morgan fingerprint density at radius 2 is 2.08 bits per heavy atom. The number of carbonyl (C=O) groups is 1. The minimum absolute atomic E-state index is 0.215. The Labute approximate surface area is 78.7 Å². The lowest BCUT2D eigenvalue weighted by Crippen LogP contribution is -2.38. The number of aliphatic carboxylic acids is 1. The number of hydrogen-bond donors (Lipinski definition) is 1. The zero-order valence-corrected chi connectivity index (χ0v) is 8.07. The summed E-state index contributed by atoms with van der Waals surface area (Å²) >= 11 is 0. The number of carboxylic acids is 1. The molecule has 0 radical (unpaired) electrons. The van der Waals surface area contributed by atoms with Crippen LogP contribution in [0.15, 0.2) is 0 Å². The second kappa shape index (κ2) is 3.29. The van der Waals surface area contributed by atoms with Gasteiger partial charge in [0.1, 0.15) is 6.04 Å². The van der Waals surface area contributed by atoms with Crippen LogP contribution >= 0.6 is 0 Å². The van der Waals surface area contributed by atoms with Crippen LogP contribution in [0.25, 0.3) is 0 Å². The molecule has 3 atom stereocenters. The van der Waals surface area contributed by atoms with Crippen molar-refractivity contribution in [2.45, 2.75) is 44.2 Å². The molecule has 1 aliphatic heterocycles. The van der Waals surface area contributed by atoms with Crippen molar-refractivity contribution >= 4 is 5.97 Å². The van der Waals surface area contributed by atoms with Crippen LogP contribution < -0.4 is 0 Å². The van der Waals surface area contributed by atoms with Gasteiger partial charge >= 0.3 is 5.97 Å². The molecule has 0 aromatic rings. The van der Waals surface area contributed by atoms with Gasteiger partial charge in [-0.3, -0.25) is 9.69 Å². The van der Waals surface area contributed by atoms with E-state index in [2.05, 4.69) is 4.90 Å². The average molecular weight is 183 g/mol. The normalized spacial score (nSPS) is 40.2. The molecule has 1 aliphatic carbocycles. The minimum Gasteiger partial charge on any atom is -0.480 e. The van der Waals surface area contributed by atoms with Gasteiger partial charge in [0.05, 0.1) is 0 Å². The van der Waals surface area contributed by atoms with Crippen molar-refractivity contribution in [1.29, 1.82) is 0 Å². The van der Waals surface area contributed by atoms with E-state index in [0.29, 0.717) is 12.0 Å². The molecule has 13 heavy (non-hydrogen) atoms. The van der Waals surface area contributed by atoms with Gasteiger partial charge in [-0.25, -0.2) is 0 Å². The van der Waals surface area contributed by atoms with E-state index in [1.165, 1.54) is 25.7 Å². The molecule has 2 fully saturated rings. The van der Waals surface area contributed by atoms with Crippen molar-refractivity contribution in [3.63, 3.8) is 0 Å². The highest BCUT2D eigenvalue weighted by Crippen LogP contribution is 2.38. The van der Waals surface area contributed by atoms with E-state index in [4.69, 9.17) is 5.11 Å². The molecule has 3 nitrogen and oxygen atoms in total. The summed E-state index contributed by atoms with van der Waals surface area (Å²) in [5, 5.41) is 8.99. The maximum atomic E-state index is 10.9. The Kier molecular flexibility index (Phi) is 2.28. The molecule has 1 saturated carbocycles. The largest absolute Gasteiger partial charge is 0.480 e. The van der Waals surface area contributed by atoms with Gasteiger partial charge in [0.25, 0.3) is 0 Å². The zero-order valence-electron chi connectivity index (χ0n) is 8.07. The lowest BCUT2D eigenvalue weighted by atomic mass is 9.85. The standard InChI is InChI=1S/C10H17NO2/c1-11-8-5-3-2-4-7(8)6-9(11)10(12)13/h7-9H,2-6H2,1H3,(H,12,13)/t7-,8?,9?/m0/s1. The smallest absolute Gasteiger partial charge is 0.320 e. The van der Waals surface area contributed by atoms with Gasteiger partial charge in [0.2, 0.25) is 0 Å². The van der Waals surface area contributed by atoms with Crippen LogP contribution in [0.5, 0.6) is 0 Å². The topological polar surface area (TPSA) is 40.5 Å². The van der Waals surface area contributed by atoms with Crippen LogP contribution in [-0.2, 0) is 4.79 Å². The van der Waals surface area contributed by atoms with Crippen molar-refractivity contribution in [1.82, 2.24) is 4.90 Å². The summed E-state index contributed by atoms with van der Waals surface area (Å²) in [6, 6.07) is 0.336. The highest BCUT2D eigenvalue weighted by atomic mass is 16.4.